The molecule has 0 aromatic carbocycles. The molecule has 16 heteroatoms. The predicted octanol–water partition coefficient (Wildman–Crippen LogP) is -10.5. The first-order valence-corrected chi connectivity index (χ1v) is 10.5. The van der Waals surface area contributed by atoms with Crippen molar-refractivity contribution >= 4 is 0 Å². The standard InChI is InChI=1S/C12H31N5.2ClHO4.Ni/c1-13-9-11-16-7-3-5-15-6-4-8-17-12-10-14-2;2*2-1(3,4)5;/h13-17H,3-12H2,1-2H3;2*(H,2,3,4,5);/q;;;+2/p-2. The SMILES string of the molecule is CNCCNCCCNCCCNCCNC.[Ni+2].[O-][Cl+3]([O-])([O-])[O-].[O-][Cl+3]([O-])([O-])[O-]. The van der Waals surface area contributed by atoms with Crippen molar-refractivity contribution in [3.8, 4) is 0 Å². The minimum absolute atomic E-state index is 0. The molecule has 5 N–H and O–H groups in total. The maximum Gasteiger partial charge on any atom is 2.00 e. The summed E-state index contributed by atoms with van der Waals surface area (Å²) in [4.78, 5) is 0. The quantitative estimate of drug-likeness (QED) is 0.109. The van der Waals surface area contributed by atoms with Gasteiger partial charge in [0.05, 0.1) is 0 Å². The predicted molar refractivity (Wildman–Crippen MR) is 75.7 cm³/mol. The van der Waals surface area contributed by atoms with Gasteiger partial charge in [0, 0.05) is 26.2 Å². The maximum absolute atomic E-state index is 8.49. The third kappa shape index (κ3) is 81.9. The Bertz CT molecular complexity index is 254. The Labute approximate surface area is 180 Å². The largest absolute Gasteiger partial charge is 2.00 e. The van der Waals surface area contributed by atoms with E-state index in [1.807, 2.05) is 14.1 Å². The number of likely N-dealkylation sites (N-methyl/N-ethyl adjacent to an activating group) is 2. The molecule has 0 saturated heterocycles. The zero-order chi connectivity index (χ0) is 21.6. The summed E-state index contributed by atoms with van der Waals surface area (Å²) in [5.41, 5.74) is 0. The Kier molecular flexibility index (Phi) is 32.9. The molecule has 0 aliphatic carbocycles. The molecule has 0 aromatic heterocycles. The summed E-state index contributed by atoms with van der Waals surface area (Å²) >= 11 is 0. The second kappa shape index (κ2) is 25.6. The van der Waals surface area contributed by atoms with Crippen molar-refractivity contribution in [2.45, 2.75) is 12.8 Å². The van der Waals surface area contributed by atoms with E-state index >= 15 is 0 Å². The molecule has 0 saturated carbocycles. The Morgan fingerprint density at radius 3 is 0.893 bits per heavy atom. The fourth-order valence-corrected chi connectivity index (χ4v) is 1.48. The number of rotatable bonds is 14. The molecule has 0 aliphatic heterocycles. The topological polar surface area (TPSA) is 245 Å². The normalized spacial score (nSPS) is 10.9. The summed E-state index contributed by atoms with van der Waals surface area (Å²) in [6, 6.07) is 0. The van der Waals surface area contributed by atoms with Gasteiger partial charge in [-0.05, 0) is 53.1 Å². The van der Waals surface area contributed by atoms with Crippen LogP contribution in [0.15, 0.2) is 0 Å². The van der Waals surface area contributed by atoms with Gasteiger partial charge in [-0.2, -0.15) is 0 Å². The van der Waals surface area contributed by atoms with Crippen LogP contribution in [0.5, 0.6) is 0 Å². The van der Waals surface area contributed by atoms with E-state index in [2.05, 4.69) is 26.6 Å². The molecule has 0 unspecified atom stereocenters. The van der Waals surface area contributed by atoms with Crippen molar-refractivity contribution in [3.63, 3.8) is 0 Å². The summed E-state index contributed by atoms with van der Waals surface area (Å²) in [5.74, 6) is 0. The zero-order valence-corrected chi connectivity index (χ0v) is 18.4. The Balaban J connectivity index is -0.000000216. The summed E-state index contributed by atoms with van der Waals surface area (Å²) < 4.78 is 67.9. The molecule has 0 fully saturated rings. The second-order valence-corrected chi connectivity index (χ2v) is 6.43. The zero-order valence-electron chi connectivity index (χ0n) is 15.9. The van der Waals surface area contributed by atoms with E-state index in [0.29, 0.717) is 0 Å². The average molecular weight is 503 g/mol. The summed E-state index contributed by atoms with van der Waals surface area (Å²) in [5, 5.41) is 16.5. The van der Waals surface area contributed by atoms with E-state index in [1.165, 1.54) is 12.8 Å². The minimum Gasteiger partial charge on any atom is -0.318 e. The van der Waals surface area contributed by atoms with Crippen LogP contribution in [-0.4, -0.2) is 66.5 Å². The maximum atomic E-state index is 8.49. The molecule has 0 atom stereocenters. The first-order chi connectivity index (χ1) is 12.4. The molecule has 0 heterocycles. The van der Waals surface area contributed by atoms with Crippen LogP contribution < -0.4 is 63.9 Å². The minimum atomic E-state index is -4.94. The van der Waals surface area contributed by atoms with Crippen molar-refractivity contribution in [3.05, 3.63) is 0 Å². The number of hydrogen-bond acceptors (Lipinski definition) is 13. The molecule has 0 amide bonds. The molecule has 176 valence electrons. The Hall–Kier alpha value is 0.554. The molecule has 0 rings (SSSR count). The fraction of sp³-hybridized carbons (Fsp3) is 1.00. The van der Waals surface area contributed by atoms with E-state index in [9.17, 15) is 0 Å². The van der Waals surface area contributed by atoms with Crippen LogP contribution in [0.2, 0.25) is 0 Å². The Morgan fingerprint density at radius 2 is 0.679 bits per heavy atom. The fourth-order valence-electron chi connectivity index (χ4n) is 1.48. The van der Waals surface area contributed by atoms with Crippen LogP contribution in [0.25, 0.3) is 0 Å². The van der Waals surface area contributed by atoms with Crippen molar-refractivity contribution in [1.82, 2.24) is 26.6 Å². The number of nitrogens with one attached hydrogen (secondary N) is 5. The van der Waals surface area contributed by atoms with Gasteiger partial charge in [0.2, 0.25) is 0 Å². The molecule has 0 aliphatic rings. The van der Waals surface area contributed by atoms with Crippen LogP contribution in [0.3, 0.4) is 0 Å². The number of halogens is 2. The first-order valence-electron chi connectivity index (χ1n) is 8.06. The van der Waals surface area contributed by atoms with Gasteiger partial charge in [-0.3, -0.25) is 0 Å². The molecular weight excluding hydrogens is 472 g/mol. The van der Waals surface area contributed by atoms with Crippen molar-refractivity contribution in [1.29, 1.82) is 0 Å². The van der Waals surface area contributed by atoms with Crippen molar-refractivity contribution in [2.24, 2.45) is 0 Å². The second-order valence-electron chi connectivity index (χ2n) is 4.92. The van der Waals surface area contributed by atoms with Gasteiger partial charge in [-0.1, -0.05) is 0 Å². The van der Waals surface area contributed by atoms with Gasteiger partial charge in [0.25, 0.3) is 0 Å². The van der Waals surface area contributed by atoms with Crippen molar-refractivity contribution < 1.29 is 74.2 Å². The van der Waals surface area contributed by atoms with Gasteiger partial charge in [-0.25, -0.2) is 37.3 Å². The smallest absolute Gasteiger partial charge is 0.318 e. The van der Waals surface area contributed by atoms with Crippen LogP contribution in [-0.2, 0) is 16.5 Å². The molecule has 0 bridgehead atoms. The van der Waals surface area contributed by atoms with Gasteiger partial charge < -0.3 is 26.6 Å². The van der Waals surface area contributed by atoms with Gasteiger partial charge in [0.15, 0.2) is 0 Å². The van der Waals surface area contributed by atoms with E-state index < -0.39 is 20.5 Å². The van der Waals surface area contributed by atoms with Crippen LogP contribution in [0, 0.1) is 20.5 Å². The molecule has 0 spiro atoms. The Morgan fingerprint density at radius 1 is 0.464 bits per heavy atom. The van der Waals surface area contributed by atoms with E-state index in [0.717, 1.165) is 52.4 Å². The van der Waals surface area contributed by atoms with Crippen LogP contribution in [0.4, 0.5) is 0 Å². The van der Waals surface area contributed by atoms with Crippen molar-refractivity contribution in [2.75, 3.05) is 66.5 Å². The third-order valence-corrected chi connectivity index (χ3v) is 2.52. The third-order valence-electron chi connectivity index (χ3n) is 2.52. The molecule has 13 nitrogen and oxygen atoms in total. The van der Waals surface area contributed by atoms with E-state index in [-0.39, 0.29) is 16.5 Å². The van der Waals surface area contributed by atoms with Crippen LogP contribution >= 0.6 is 0 Å². The monoisotopic (exact) mass is 501 g/mol. The molecule has 0 radical (unpaired) electrons. The van der Waals surface area contributed by atoms with E-state index in [4.69, 9.17) is 37.3 Å². The molecule has 28 heavy (non-hydrogen) atoms. The van der Waals surface area contributed by atoms with Gasteiger partial charge in [0.1, 0.15) is 0 Å². The first kappa shape index (κ1) is 36.0. The van der Waals surface area contributed by atoms with Gasteiger partial charge in [-0.15, -0.1) is 20.5 Å². The summed E-state index contributed by atoms with van der Waals surface area (Å²) in [7, 11) is -5.93. The molecule has 0 aromatic rings. The van der Waals surface area contributed by atoms with Crippen LogP contribution in [0.1, 0.15) is 12.8 Å². The van der Waals surface area contributed by atoms with Gasteiger partial charge >= 0.3 is 16.5 Å². The summed E-state index contributed by atoms with van der Waals surface area (Å²) in [6.45, 7) is 8.66. The summed E-state index contributed by atoms with van der Waals surface area (Å²) in [6.07, 6.45) is 2.41. The van der Waals surface area contributed by atoms with E-state index in [1.54, 1.807) is 0 Å². The average Bonchev–Trinajstić information content (AvgIpc) is 2.49. The number of hydrogen-bond donors (Lipinski definition) is 5. The molecular formula is C12H31Cl2N5NiO8.